The molecule has 7 nitrogen and oxygen atoms in total. The van der Waals surface area contributed by atoms with Gasteiger partial charge in [-0.15, -0.1) is 0 Å². The highest BCUT2D eigenvalue weighted by Crippen LogP contribution is 2.35. The summed E-state index contributed by atoms with van der Waals surface area (Å²) in [5, 5.41) is 6.00. The Morgan fingerprint density at radius 2 is 1.68 bits per heavy atom. The van der Waals surface area contributed by atoms with E-state index in [2.05, 4.69) is 24.5 Å². The molecule has 1 saturated heterocycles. The molecule has 2 aliphatic heterocycles. The Labute approximate surface area is 217 Å². The molecule has 192 valence electrons. The van der Waals surface area contributed by atoms with Crippen LogP contribution in [0, 0.1) is 5.92 Å². The number of amides is 3. The number of likely N-dealkylation sites (tertiary alicyclic amines) is 1. The van der Waals surface area contributed by atoms with Gasteiger partial charge in [0.05, 0.1) is 0 Å². The van der Waals surface area contributed by atoms with E-state index < -0.39 is 6.04 Å². The molecule has 1 aromatic heterocycles. The number of rotatable bonds is 6. The van der Waals surface area contributed by atoms with Crippen LogP contribution in [-0.2, 0) is 17.8 Å². The van der Waals surface area contributed by atoms with Crippen molar-refractivity contribution >= 4 is 17.6 Å². The maximum absolute atomic E-state index is 13.5. The number of hydrogen-bond donors (Lipinski definition) is 2. The van der Waals surface area contributed by atoms with Gasteiger partial charge in [0.25, 0.3) is 5.56 Å². The van der Waals surface area contributed by atoms with Gasteiger partial charge in [-0.1, -0.05) is 62.4 Å². The minimum absolute atomic E-state index is 0.0196. The molecule has 7 heteroatoms. The van der Waals surface area contributed by atoms with E-state index in [1.54, 1.807) is 12.1 Å². The third kappa shape index (κ3) is 5.61. The van der Waals surface area contributed by atoms with Gasteiger partial charge in [-0.05, 0) is 47.6 Å². The predicted octanol–water partition coefficient (Wildman–Crippen LogP) is 4.35. The summed E-state index contributed by atoms with van der Waals surface area (Å²) in [6, 6.07) is 22.0. The van der Waals surface area contributed by atoms with Crippen molar-refractivity contribution in [1.82, 2.24) is 14.8 Å². The quantitative estimate of drug-likeness (QED) is 0.530. The lowest BCUT2D eigenvalue weighted by Crippen LogP contribution is -2.55. The summed E-state index contributed by atoms with van der Waals surface area (Å²) in [5.41, 5.74) is 3.89. The van der Waals surface area contributed by atoms with Crippen molar-refractivity contribution < 1.29 is 9.59 Å². The van der Waals surface area contributed by atoms with Crippen molar-refractivity contribution in [2.75, 3.05) is 18.4 Å². The summed E-state index contributed by atoms with van der Waals surface area (Å²) >= 11 is 0. The molecule has 1 fully saturated rings. The molecule has 3 heterocycles. The lowest BCUT2D eigenvalue weighted by Gasteiger charge is -2.43. The fourth-order valence-electron chi connectivity index (χ4n) is 5.54. The second kappa shape index (κ2) is 10.6. The maximum Gasteiger partial charge on any atom is 0.318 e. The molecule has 0 saturated carbocycles. The van der Waals surface area contributed by atoms with Gasteiger partial charge in [-0.2, -0.15) is 0 Å². The Bertz CT molecular complexity index is 1320. The lowest BCUT2D eigenvalue weighted by molar-refractivity contribution is -0.118. The smallest absolute Gasteiger partial charge is 0.318 e. The number of hydrogen-bond acceptors (Lipinski definition) is 3. The van der Waals surface area contributed by atoms with Gasteiger partial charge in [0.15, 0.2) is 0 Å². The van der Waals surface area contributed by atoms with E-state index in [0.29, 0.717) is 37.7 Å². The van der Waals surface area contributed by atoms with E-state index in [0.717, 1.165) is 17.7 Å². The van der Waals surface area contributed by atoms with Crippen LogP contribution in [0.3, 0.4) is 0 Å². The Kier molecular flexibility index (Phi) is 7.12. The summed E-state index contributed by atoms with van der Waals surface area (Å²) in [4.78, 5) is 41.0. The molecular formula is C30H34N4O3. The molecule has 2 aliphatic rings. The number of nitrogens with one attached hydrogen (secondary N) is 2. The first-order valence-corrected chi connectivity index (χ1v) is 13.1. The lowest BCUT2D eigenvalue weighted by atomic mass is 9.83. The molecule has 2 N–H and O–H groups in total. The zero-order chi connectivity index (χ0) is 25.9. The number of pyridine rings is 1. The highest BCUT2D eigenvalue weighted by atomic mass is 16.2. The first kappa shape index (κ1) is 24.8. The average molecular weight is 499 g/mol. The number of aromatic nitrogens is 1. The number of carbonyl (C=O) groups is 2. The van der Waals surface area contributed by atoms with E-state index in [1.165, 1.54) is 5.56 Å². The monoisotopic (exact) mass is 498 g/mol. The molecule has 0 spiro atoms. The summed E-state index contributed by atoms with van der Waals surface area (Å²) in [5.74, 6) is 0.499. The first-order valence-electron chi connectivity index (χ1n) is 13.1. The van der Waals surface area contributed by atoms with Crippen LogP contribution in [0.25, 0.3) is 0 Å². The van der Waals surface area contributed by atoms with Crippen molar-refractivity contribution in [3.63, 3.8) is 0 Å². The summed E-state index contributed by atoms with van der Waals surface area (Å²) in [6.07, 6.45) is 1.36. The predicted molar refractivity (Wildman–Crippen MR) is 145 cm³/mol. The van der Waals surface area contributed by atoms with E-state index in [9.17, 15) is 14.4 Å². The van der Waals surface area contributed by atoms with Gasteiger partial charge in [0, 0.05) is 49.4 Å². The number of carbonyl (C=O) groups excluding carboxylic acids is 2. The zero-order valence-corrected chi connectivity index (χ0v) is 21.4. The maximum atomic E-state index is 13.5. The number of anilines is 1. The summed E-state index contributed by atoms with van der Waals surface area (Å²) in [7, 11) is 0. The van der Waals surface area contributed by atoms with Crippen LogP contribution in [0.2, 0.25) is 0 Å². The highest BCUT2D eigenvalue weighted by Gasteiger charge is 2.37. The second-order valence-electron chi connectivity index (χ2n) is 10.6. The van der Waals surface area contributed by atoms with E-state index >= 15 is 0 Å². The van der Waals surface area contributed by atoms with Gasteiger partial charge >= 0.3 is 6.03 Å². The molecule has 0 aliphatic carbocycles. The standard InChI is InChI=1S/C30H34N4O3/c1-20(2)23-11-13-25(14-12-23)31-29(36)26(16-21-7-4-3-5-8-21)32-30(37)33-17-22-15-24(19-33)27-9-6-10-28(35)34(27)18-22/h3-14,20,22,24,26H,15-19H2,1-2H3,(H,31,36)(H,32,37)/t22?,24?,26-/m0/s1. The van der Waals surface area contributed by atoms with Gasteiger partial charge in [0.1, 0.15) is 6.04 Å². The summed E-state index contributed by atoms with van der Waals surface area (Å²) < 4.78 is 1.85. The van der Waals surface area contributed by atoms with Gasteiger partial charge in [-0.25, -0.2) is 4.79 Å². The Hall–Kier alpha value is -3.87. The van der Waals surface area contributed by atoms with E-state index in [4.69, 9.17) is 0 Å². The van der Waals surface area contributed by atoms with Crippen LogP contribution in [0.4, 0.5) is 10.5 Å². The summed E-state index contributed by atoms with van der Waals surface area (Å²) in [6.45, 7) is 5.98. The van der Waals surface area contributed by atoms with Crippen molar-refractivity contribution in [1.29, 1.82) is 0 Å². The molecule has 2 unspecified atom stereocenters. The molecule has 3 aromatic rings. The van der Waals surface area contributed by atoms with Gasteiger partial charge in [-0.3, -0.25) is 9.59 Å². The molecule has 0 radical (unpaired) electrons. The fraction of sp³-hybridized carbons (Fsp3) is 0.367. The van der Waals surface area contributed by atoms with Crippen LogP contribution in [0.1, 0.15) is 48.9 Å². The number of urea groups is 1. The molecule has 37 heavy (non-hydrogen) atoms. The minimum atomic E-state index is -0.726. The van der Waals surface area contributed by atoms with Crippen molar-refractivity contribution in [3.8, 4) is 0 Å². The number of benzene rings is 2. The molecule has 2 aromatic carbocycles. The Morgan fingerprint density at radius 3 is 2.41 bits per heavy atom. The van der Waals surface area contributed by atoms with Crippen LogP contribution in [0.15, 0.2) is 77.6 Å². The van der Waals surface area contributed by atoms with E-state index in [1.807, 2.05) is 70.1 Å². The average Bonchev–Trinajstić information content (AvgIpc) is 2.89. The fourth-order valence-corrected chi connectivity index (χ4v) is 5.54. The largest absolute Gasteiger partial charge is 0.326 e. The third-order valence-electron chi connectivity index (χ3n) is 7.51. The normalized spacial score (nSPS) is 19.2. The Morgan fingerprint density at radius 1 is 0.919 bits per heavy atom. The van der Waals surface area contributed by atoms with Crippen LogP contribution in [-0.4, -0.2) is 40.5 Å². The second-order valence-corrected chi connectivity index (χ2v) is 10.6. The third-order valence-corrected chi connectivity index (χ3v) is 7.51. The minimum Gasteiger partial charge on any atom is -0.326 e. The van der Waals surface area contributed by atoms with Crippen molar-refractivity contribution in [2.24, 2.45) is 5.92 Å². The molecule has 3 amide bonds. The SMILES string of the molecule is CC(C)c1ccc(NC(=O)[C@H](Cc2ccccc2)NC(=O)N2CC3CC(C2)c2cccc(=O)n2C3)cc1. The number of piperidine rings is 1. The van der Waals surface area contributed by atoms with Gasteiger partial charge in [0.2, 0.25) is 5.91 Å². The highest BCUT2D eigenvalue weighted by molar-refractivity contribution is 5.97. The number of fused-ring (bicyclic) bond motifs is 4. The van der Waals surface area contributed by atoms with Crippen LogP contribution >= 0.6 is 0 Å². The molecular weight excluding hydrogens is 464 g/mol. The first-order chi connectivity index (χ1) is 17.9. The zero-order valence-electron chi connectivity index (χ0n) is 21.4. The van der Waals surface area contributed by atoms with Crippen molar-refractivity contribution in [2.45, 2.75) is 51.1 Å². The van der Waals surface area contributed by atoms with Crippen LogP contribution < -0.4 is 16.2 Å². The van der Waals surface area contributed by atoms with E-state index in [-0.39, 0.29) is 29.3 Å². The molecule has 3 atom stereocenters. The Balaban J connectivity index is 1.31. The molecule has 5 rings (SSSR count). The van der Waals surface area contributed by atoms with Gasteiger partial charge < -0.3 is 20.1 Å². The number of nitrogens with zero attached hydrogens (tertiary/aromatic N) is 2. The topological polar surface area (TPSA) is 83.4 Å². The van der Waals surface area contributed by atoms with Crippen LogP contribution in [0.5, 0.6) is 0 Å². The van der Waals surface area contributed by atoms with Crippen molar-refractivity contribution in [3.05, 3.63) is 100.0 Å². The molecule has 2 bridgehead atoms.